The number of amides is 2. The lowest BCUT2D eigenvalue weighted by Gasteiger charge is -2.27. The summed E-state index contributed by atoms with van der Waals surface area (Å²) in [7, 11) is -3.01. The van der Waals surface area contributed by atoms with Crippen LogP contribution in [-0.4, -0.2) is 48.8 Å². The second-order valence-corrected chi connectivity index (χ2v) is 7.24. The summed E-state index contributed by atoms with van der Waals surface area (Å²) in [6.45, 7) is -1.06. The quantitative estimate of drug-likeness (QED) is 0.233. The highest BCUT2D eigenvalue weighted by Gasteiger charge is 2.34. The van der Waals surface area contributed by atoms with Gasteiger partial charge in [0.25, 0.3) is 11.8 Å². The maximum absolute atomic E-state index is 12.6. The summed E-state index contributed by atoms with van der Waals surface area (Å²) in [6.07, 6.45) is 0. The van der Waals surface area contributed by atoms with Gasteiger partial charge in [-0.3, -0.25) is 23.5 Å². The highest BCUT2D eigenvalue weighted by molar-refractivity contribution is 7.48. The molecule has 1 heterocycles. The smallest absolute Gasteiger partial charge is 0.403 e. The number of benzene rings is 2. The summed E-state index contributed by atoms with van der Waals surface area (Å²) in [4.78, 5) is 28.7. The van der Waals surface area contributed by atoms with Gasteiger partial charge >= 0.3 is 7.82 Å². The Morgan fingerprint density at radius 1 is 1.21 bits per heavy atom. The van der Waals surface area contributed by atoms with Crippen LogP contribution in [0.5, 0.6) is 5.75 Å². The maximum atomic E-state index is 12.6. The minimum Gasteiger partial charge on any atom is -0.403 e. The van der Waals surface area contributed by atoms with Crippen molar-refractivity contribution < 1.29 is 32.8 Å². The molecule has 0 saturated carbocycles. The lowest BCUT2D eigenvalue weighted by atomic mass is 9.93. The average Bonchev–Trinajstić information content (AvgIpc) is 2.70. The van der Waals surface area contributed by atoms with Crippen molar-refractivity contribution in [3.63, 3.8) is 0 Å². The molecule has 1 unspecified atom stereocenters. The van der Waals surface area contributed by atoms with E-state index in [2.05, 4.69) is 10.0 Å². The van der Waals surface area contributed by atoms with Gasteiger partial charge in [0.05, 0.1) is 13.2 Å². The Labute approximate surface area is 158 Å². The van der Waals surface area contributed by atoms with Crippen molar-refractivity contribution in [3.8, 4) is 5.75 Å². The van der Waals surface area contributed by atoms with E-state index in [0.717, 1.165) is 12.0 Å². The second-order valence-electron chi connectivity index (χ2n) is 5.54. The number of aliphatic hydroxyl groups is 1. The van der Waals surface area contributed by atoms with E-state index >= 15 is 0 Å². The molecular formula is C16H15N4O7P. The number of hydrogen-bond acceptors (Lipinski definition) is 8. The first-order valence-corrected chi connectivity index (χ1v) is 9.45. The summed E-state index contributed by atoms with van der Waals surface area (Å²) < 4.78 is 27.6. The highest BCUT2D eigenvalue weighted by Crippen LogP contribution is 2.50. The number of hydrogen-bond donors (Lipinski definition) is 1. The molecule has 1 aliphatic rings. The minimum atomic E-state index is -4.11. The number of azide groups is 1. The van der Waals surface area contributed by atoms with Crippen LogP contribution in [0.2, 0.25) is 0 Å². The number of aliphatic hydroxyl groups excluding tert-OH is 1. The van der Waals surface area contributed by atoms with E-state index in [9.17, 15) is 14.2 Å². The van der Waals surface area contributed by atoms with Gasteiger partial charge in [0, 0.05) is 33.9 Å². The number of imide groups is 1. The number of phosphoric acid groups is 1. The molecule has 28 heavy (non-hydrogen) atoms. The Morgan fingerprint density at radius 2 is 1.93 bits per heavy atom. The first-order valence-electron chi connectivity index (χ1n) is 7.99. The van der Waals surface area contributed by atoms with Gasteiger partial charge in [-0.15, -0.1) is 0 Å². The van der Waals surface area contributed by atoms with Crippen LogP contribution in [0.4, 0.5) is 0 Å². The molecule has 11 nitrogen and oxygen atoms in total. The lowest BCUT2D eigenvalue weighted by molar-refractivity contribution is 0.0580. The maximum Gasteiger partial charge on any atom is 0.529 e. The van der Waals surface area contributed by atoms with Crippen LogP contribution < -0.4 is 4.52 Å². The molecule has 2 aromatic carbocycles. The van der Waals surface area contributed by atoms with Gasteiger partial charge in [0.1, 0.15) is 12.5 Å². The Kier molecular flexibility index (Phi) is 5.64. The first-order chi connectivity index (χ1) is 13.5. The minimum absolute atomic E-state index is 0.0583. The first kappa shape index (κ1) is 19.8. The van der Waals surface area contributed by atoms with Gasteiger partial charge in [-0.25, -0.2) is 4.57 Å². The third-order valence-electron chi connectivity index (χ3n) is 4.05. The Balaban J connectivity index is 2.08. The van der Waals surface area contributed by atoms with Gasteiger partial charge in [-0.1, -0.05) is 17.2 Å². The van der Waals surface area contributed by atoms with E-state index in [1.807, 2.05) is 0 Å². The van der Waals surface area contributed by atoms with Gasteiger partial charge in [-0.2, -0.15) is 0 Å². The van der Waals surface area contributed by atoms with Gasteiger partial charge < -0.3 is 9.63 Å². The van der Waals surface area contributed by atoms with Gasteiger partial charge in [0.2, 0.25) is 0 Å². The fraction of sp³-hybridized carbons (Fsp3) is 0.250. The van der Waals surface area contributed by atoms with Crippen molar-refractivity contribution in [2.75, 3.05) is 27.0 Å². The SMILES string of the molecule is COP(=O)(OCN=[N+]=[N-])Oc1ccc2c3c(cccc13)C(=O)N(CCO)C2=O. The third-order valence-corrected chi connectivity index (χ3v) is 5.35. The largest absolute Gasteiger partial charge is 0.529 e. The zero-order valence-electron chi connectivity index (χ0n) is 14.6. The molecule has 1 N–H and O–H groups in total. The molecule has 1 aliphatic heterocycles. The molecule has 3 rings (SSSR count). The average molecular weight is 406 g/mol. The predicted molar refractivity (Wildman–Crippen MR) is 96.7 cm³/mol. The molecule has 1 atom stereocenters. The lowest BCUT2D eigenvalue weighted by Crippen LogP contribution is -2.41. The zero-order chi connectivity index (χ0) is 20.3. The van der Waals surface area contributed by atoms with Gasteiger partial charge in [-0.05, 0) is 23.7 Å². The van der Waals surface area contributed by atoms with Crippen LogP contribution in [0.15, 0.2) is 35.4 Å². The van der Waals surface area contributed by atoms with Crippen LogP contribution in [0.3, 0.4) is 0 Å². The van der Waals surface area contributed by atoms with Crippen molar-refractivity contribution in [1.29, 1.82) is 0 Å². The Morgan fingerprint density at radius 3 is 2.57 bits per heavy atom. The summed E-state index contributed by atoms with van der Waals surface area (Å²) >= 11 is 0. The van der Waals surface area contributed by atoms with E-state index in [4.69, 9.17) is 24.2 Å². The number of carbonyl (C=O) groups excluding carboxylic acids is 2. The standard InChI is InChI=1S/C16H15N4O7P/c1-25-28(24,26-9-18-19-17)27-13-6-5-12-14-10(13)3-2-4-11(14)15(22)20(7-8-21)16(12)23/h2-6,21H,7-9H2,1H3. The monoisotopic (exact) mass is 406 g/mol. The molecule has 0 aromatic heterocycles. The molecule has 0 fully saturated rings. The van der Waals surface area contributed by atoms with E-state index in [1.54, 1.807) is 18.2 Å². The summed E-state index contributed by atoms with van der Waals surface area (Å²) in [6, 6.07) is 7.54. The number of carbonyl (C=O) groups is 2. The Bertz CT molecular complexity index is 1030. The van der Waals surface area contributed by atoms with Crippen molar-refractivity contribution in [3.05, 3.63) is 51.9 Å². The molecular weight excluding hydrogens is 391 g/mol. The number of nitrogens with zero attached hydrogens (tertiary/aromatic N) is 4. The molecule has 2 aromatic rings. The number of β-amino-alcohol motifs (C(OH)–C–C–N with tert-alkyl or cyclic N) is 1. The topological polar surface area (TPSA) is 151 Å². The van der Waals surface area contributed by atoms with E-state index in [-0.39, 0.29) is 30.0 Å². The molecule has 0 saturated heterocycles. The number of phosphoric ester groups is 1. The third kappa shape index (κ3) is 3.45. The van der Waals surface area contributed by atoms with E-state index in [1.165, 1.54) is 12.1 Å². The fourth-order valence-corrected chi connectivity index (χ4v) is 3.69. The molecule has 2 amide bonds. The normalized spacial score (nSPS) is 15.3. The van der Waals surface area contributed by atoms with Crippen LogP contribution in [0.1, 0.15) is 20.7 Å². The van der Waals surface area contributed by atoms with E-state index < -0.39 is 26.4 Å². The summed E-state index contributed by atoms with van der Waals surface area (Å²) in [5, 5.41) is 12.9. The summed E-state index contributed by atoms with van der Waals surface area (Å²) in [5.74, 6) is -1.05. The van der Waals surface area contributed by atoms with Crippen molar-refractivity contribution in [1.82, 2.24) is 4.90 Å². The fourth-order valence-electron chi connectivity index (χ4n) is 2.86. The van der Waals surface area contributed by atoms with Gasteiger partial charge in [0.15, 0.2) is 0 Å². The summed E-state index contributed by atoms with van der Waals surface area (Å²) in [5.41, 5.74) is 8.78. The van der Waals surface area contributed by atoms with Crippen LogP contribution in [-0.2, 0) is 13.6 Å². The van der Waals surface area contributed by atoms with Crippen molar-refractivity contribution in [2.24, 2.45) is 5.11 Å². The van der Waals surface area contributed by atoms with Crippen LogP contribution in [0.25, 0.3) is 21.2 Å². The zero-order valence-corrected chi connectivity index (χ0v) is 15.5. The second kappa shape index (κ2) is 7.97. The molecule has 0 spiro atoms. The molecule has 0 bridgehead atoms. The molecule has 12 heteroatoms. The Hall–Kier alpha value is -2.94. The molecule has 146 valence electrons. The molecule has 0 radical (unpaired) electrons. The van der Waals surface area contributed by atoms with Crippen LogP contribution >= 0.6 is 7.82 Å². The molecule has 0 aliphatic carbocycles. The predicted octanol–water partition coefficient (Wildman–Crippen LogP) is 2.85. The van der Waals surface area contributed by atoms with Crippen molar-refractivity contribution >= 4 is 30.4 Å². The van der Waals surface area contributed by atoms with Crippen molar-refractivity contribution in [2.45, 2.75) is 0 Å². The van der Waals surface area contributed by atoms with Crippen LogP contribution in [0, 0.1) is 0 Å². The van der Waals surface area contributed by atoms with E-state index in [0.29, 0.717) is 10.8 Å². The number of rotatable bonds is 8. The highest BCUT2D eigenvalue weighted by atomic mass is 31.2.